The highest BCUT2D eigenvalue weighted by Crippen LogP contribution is 2.28. The zero-order valence-corrected chi connectivity index (χ0v) is 15.5. The molecule has 28 heavy (non-hydrogen) atoms. The van der Waals surface area contributed by atoms with Gasteiger partial charge in [0, 0.05) is 5.56 Å². The highest BCUT2D eigenvalue weighted by atomic mass is 32.1. The number of carbonyl (C=O) groups is 2. The van der Waals surface area contributed by atoms with Crippen LogP contribution in [0, 0.1) is 24.1 Å². The average molecular weight is 395 g/mol. The first kappa shape index (κ1) is 19.2. The van der Waals surface area contributed by atoms with Crippen molar-refractivity contribution in [2.75, 3.05) is 11.9 Å². The molecule has 8 heteroatoms. The van der Waals surface area contributed by atoms with Crippen LogP contribution < -0.4 is 5.32 Å². The quantitative estimate of drug-likeness (QED) is 0.661. The van der Waals surface area contributed by atoms with Gasteiger partial charge in [0.25, 0.3) is 5.91 Å². The van der Waals surface area contributed by atoms with Gasteiger partial charge in [0.15, 0.2) is 6.61 Å². The van der Waals surface area contributed by atoms with Crippen molar-refractivity contribution in [3.05, 3.63) is 70.5 Å². The molecule has 0 aliphatic rings. The summed E-state index contributed by atoms with van der Waals surface area (Å²) >= 11 is 1.11. The Kier molecular flexibility index (Phi) is 5.77. The minimum atomic E-state index is -0.674. The standard InChI is InChI=1S/C20H14FN3O3S/c1-12-18(28-19(23-12)13-6-8-15(21)9-7-13)20(26)27-11-17(25)24-16-5-3-2-4-14(16)10-22/h2-9H,11H2,1H3,(H,24,25). The SMILES string of the molecule is Cc1nc(-c2ccc(F)cc2)sc1C(=O)OCC(=O)Nc1ccccc1C#N. The molecule has 0 bridgehead atoms. The van der Waals surface area contributed by atoms with E-state index < -0.39 is 18.5 Å². The molecule has 1 aromatic heterocycles. The highest BCUT2D eigenvalue weighted by Gasteiger charge is 2.19. The summed E-state index contributed by atoms with van der Waals surface area (Å²) in [4.78, 5) is 28.9. The first-order valence-electron chi connectivity index (χ1n) is 8.17. The Morgan fingerprint density at radius 3 is 2.64 bits per heavy atom. The van der Waals surface area contributed by atoms with E-state index in [0.717, 1.165) is 11.3 Å². The molecule has 0 aliphatic heterocycles. The Balaban J connectivity index is 1.64. The monoisotopic (exact) mass is 395 g/mol. The Labute approximate surface area is 164 Å². The number of esters is 1. The fourth-order valence-electron chi connectivity index (χ4n) is 2.37. The second kappa shape index (κ2) is 8.41. The van der Waals surface area contributed by atoms with Crippen molar-refractivity contribution in [3.8, 4) is 16.6 Å². The third-order valence-corrected chi connectivity index (χ3v) is 4.92. The molecular weight excluding hydrogens is 381 g/mol. The maximum absolute atomic E-state index is 13.0. The summed E-state index contributed by atoms with van der Waals surface area (Å²) in [5, 5.41) is 12.1. The van der Waals surface area contributed by atoms with Gasteiger partial charge in [-0.2, -0.15) is 5.26 Å². The van der Waals surface area contributed by atoms with Gasteiger partial charge in [-0.3, -0.25) is 4.79 Å². The number of rotatable bonds is 5. The van der Waals surface area contributed by atoms with E-state index in [0.29, 0.717) is 27.5 Å². The molecular formula is C20H14FN3O3S. The molecule has 2 aromatic carbocycles. The number of aromatic nitrogens is 1. The van der Waals surface area contributed by atoms with Crippen molar-refractivity contribution in [2.45, 2.75) is 6.92 Å². The van der Waals surface area contributed by atoms with Gasteiger partial charge in [-0.05, 0) is 43.3 Å². The zero-order valence-electron chi connectivity index (χ0n) is 14.7. The van der Waals surface area contributed by atoms with Crippen LogP contribution in [0.2, 0.25) is 0 Å². The number of ether oxygens (including phenoxy) is 1. The number of nitrogens with one attached hydrogen (secondary N) is 1. The summed E-state index contributed by atoms with van der Waals surface area (Å²) < 4.78 is 18.1. The number of anilines is 1. The number of hydrogen-bond donors (Lipinski definition) is 1. The van der Waals surface area contributed by atoms with Gasteiger partial charge in [0.05, 0.1) is 16.9 Å². The van der Waals surface area contributed by atoms with Crippen LogP contribution in [0.5, 0.6) is 0 Å². The highest BCUT2D eigenvalue weighted by molar-refractivity contribution is 7.17. The van der Waals surface area contributed by atoms with Crippen molar-refractivity contribution in [1.29, 1.82) is 5.26 Å². The van der Waals surface area contributed by atoms with E-state index in [4.69, 9.17) is 10.00 Å². The number of hydrogen-bond acceptors (Lipinski definition) is 6. The maximum Gasteiger partial charge on any atom is 0.350 e. The van der Waals surface area contributed by atoms with Crippen LogP contribution >= 0.6 is 11.3 Å². The number of halogens is 1. The average Bonchev–Trinajstić information content (AvgIpc) is 3.09. The Hall–Kier alpha value is -3.57. The summed E-state index contributed by atoms with van der Waals surface area (Å²) in [6, 6.07) is 14.3. The van der Waals surface area contributed by atoms with Crippen LogP contribution in [0.3, 0.4) is 0 Å². The van der Waals surface area contributed by atoms with Crippen LogP contribution in [0.15, 0.2) is 48.5 Å². The van der Waals surface area contributed by atoms with Crippen LogP contribution in [-0.2, 0) is 9.53 Å². The van der Waals surface area contributed by atoms with Gasteiger partial charge < -0.3 is 10.1 Å². The van der Waals surface area contributed by atoms with Crippen molar-refractivity contribution < 1.29 is 18.7 Å². The molecule has 0 aliphatic carbocycles. The second-order valence-corrected chi connectivity index (χ2v) is 6.72. The molecule has 1 amide bonds. The largest absolute Gasteiger partial charge is 0.451 e. The van der Waals surface area contributed by atoms with Gasteiger partial charge in [0.2, 0.25) is 0 Å². The van der Waals surface area contributed by atoms with Crippen molar-refractivity contribution in [2.24, 2.45) is 0 Å². The van der Waals surface area contributed by atoms with Gasteiger partial charge >= 0.3 is 5.97 Å². The number of nitrogens with zero attached hydrogens (tertiary/aromatic N) is 2. The molecule has 3 rings (SSSR count). The number of para-hydroxylation sites is 1. The predicted octanol–water partition coefficient (Wildman–Crippen LogP) is 3.92. The minimum Gasteiger partial charge on any atom is -0.451 e. The zero-order chi connectivity index (χ0) is 20.1. The number of carbonyl (C=O) groups excluding carboxylic acids is 2. The lowest BCUT2D eigenvalue weighted by Gasteiger charge is -2.07. The molecule has 140 valence electrons. The molecule has 0 saturated heterocycles. The fourth-order valence-corrected chi connectivity index (χ4v) is 3.34. The number of aryl methyl sites for hydroxylation is 1. The molecule has 0 unspecified atom stereocenters. The lowest BCUT2D eigenvalue weighted by atomic mass is 10.2. The molecule has 0 spiro atoms. The molecule has 6 nitrogen and oxygen atoms in total. The summed E-state index contributed by atoms with van der Waals surface area (Å²) in [6.45, 7) is 1.16. The molecule has 0 fully saturated rings. The minimum absolute atomic E-state index is 0.268. The molecule has 0 saturated carbocycles. The first-order chi connectivity index (χ1) is 13.5. The molecule has 1 N–H and O–H groups in total. The number of amides is 1. The lowest BCUT2D eigenvalue weighted by Crippen LogP contribution is -2.21. The topological polar surface area (TPSA) is 92.1 Å². The van der Waals surface area contributed by atoms with Gasteiger partial charge in [-0.1, -0.05) is 12.1 Å². The summed E-state index contributed by atoms with van der Waals surface area (Å²) in [7, 11) is 0. The van der Waals surface area contributed by atoms with E-state index in [1.165, 1.54) is 12.1 Å². The number of nitriles is 1. The van der Waals surface area contributed by atoms with Crippen LogP contribution in [-0.4, -0.2) is 23.5 Å². The third-order valence-electron chi connectivity index (χ3n) is 3.73. The summed E-state index contributed by atoms with van der Waals surface area (Å²) in [5.74, 6) is -1.59. The van der Waals surface area contributed by atoms with Crippen molar-refractivity contribution in [3.63, 3.8) is 0 Å². The third kappa shape index (κ3) is 4.39. The fraction of sp³-hybridized carbons (Fsp3) is 0.100. The lowest BCUT2D eigenvalue weighted by molar-refractivity contribution is -0.119. The molecule has 0 atom stereocenters. The van der Waals surface area contributed by atoms with E-state index in [2.05, 4.69) is 10.3 Å². The normalized spacial score (nSPS) is 10.2. The number of thiazole rings is 1. The van der Waals surface area contributed by atoms with E-state index in [1.54, 1.807) is 43.3 Å². The van der Waals surface area contributed by atoms with Crippen LogP contribution in [0.4, 0.5) is 10.1 Å². The maximum atomic E-state index is 13.0. The van der Waals surface area contributed by atoms with Crippen molar-refractivity contribution >= 4 is 28.9 Å². The van der Waals surface area contributed by atoms with E-state index in [-0.39, 0.29) is 10.7 Å². The van der Waals surface area contributed by atoms with E-state index >= 15 is 0 Å². The van der Waals surface area contributed by atoms with Crippen LogP contribution in [0.1, 0.15) is 20.9 Å². The summed E-state index contributed by atoms with van der Waals surface area (Å²) in [5.41, 5.74) is 1.80. The van der Waals surface area contributed by atoms with Gasteiger partial charge in [0.1, 0.15) is 21.8 Å². The van der Waals surface area contributed by atoms with Gasteiger partial charge in [-0.25, -0.2) is 14.2 Å². The smallest absolute Gasteiger partial charge is 0.350 e. The molecule has 3 aromatic rings. The van der Waals surface area contributed by atoms with Crippen molar-refractivity contribution in [1.82, 2.24) is 4.98 Å². The number of benzene rings is 2. The van der Waals surface area contributed by atoms with Crippen LogP contribution in [0.25, 0.3) is 10.6 Å². The first-order valence-corrected chi connectivity index (χ1v) is 8.99. The predicted molar refractivity (Wildman–Crippen MR) is 102 cm³/mol. The van der Waals surface area contributed by atoms with Gasteiger partial charge in [-0.15, -0.1) is 11.3 Å². The van der Waals surface area contributed by atoms with E-state index in [1.807, 2.05) is 6.07 Å². The molecule has 1 heterocycles. The molecule has 0 radical (unpaired) electrons. The Bertz CT molecular complexity index is 1070. The Morgan fingerprint density at radius 1 is 1.21 bits per heavy atom. The Morgan fingerprint density at radius 2 is 1.93 bits per heavy atom. The van der Waals surface area contributed by atoms with E-state index in [9.17, 15) is 14.0 Å². The second-order valence-electron chi connectivity index (χ2n) is 5.72. The summed E-state index contributed by atoms with van der Waals surface area (Å²) in [6.07, 6.45) is 0.